The molecule has 0 aliphatic heterocycles. The van der Waals surface area contributed by atoms with Gasteiger partial charge in [-0.3, -0.25) is 9.59 Å². The molecule has 0 radical (unpaired) electrons. The zero-order valence-electron chi connectivity index (χ0n) is 47.7. The Morgan fingerprint density at radius 2 is 1.69 bits per heavy atom. The molecule has 8 N–H and O–H groups in total. The number of carboxylic acid groups (broad SMARTS) is 1. The molecule has 3 aromatic heterocycles. The number of hydrogen-bond acceptors (Lipinski definition) is 18. The largest absolute Gasteiger partial charge is 0.491 e. The number of hydrogen-bond donors (Lipinski definition) is 7. The predicted molar refractivity (Wildman–Crippen MR) is 317 cm³/mol. The summed E-state index contributed by atoms with van der Waals surface area (Å²) < 4.78 is 38.5. The number of alkyl carbamates (subject to hydrolysis) is 1. The number of carbonyl (C=O) groups excluding carboxylic acids is 5. The zero-order valence-corrected chi connectivity index (χ0v) is 49.3. The van der Waals surface area contributed by atoms with Crippen molar-refractivity contribution in [1.82, 2.24) is 41.0 Å². The molecule has 0 bridgehead atoms. The van der Waals surface area contributed by atoms with Crippen molar-refractivity contribution in [2.45, 2.75) is 98.1 Å². The number of nitrogens with zero attached hydrogens (tertiary/aromatic N) is 6. The maximum Gasteiger partial charge on any atom is 0.410 e. The highest BCUT2D eigenvalue weighted by molar-refractivity contribution is 7.22. The molecule has 0 spiro atoms. The molecule has 26 heteroatoms. The highest BCUT2D eigenvalue weighted by Gasteiger charge is 2.31. The molecule has 0 unspecified atom stereocenters. The van der Waals surface area contributed by atoms with Crippen LogP contribution in [0.25, 0.3) is 10.2 Å². The first kappa shape index (κ1) is 64.1. The fraction of sp³-hybridized carbons (Fsp3) is 0.379. The van der Waals surface area contributed by atoms with Crippen molar-refractivity contribution in [1.29, 1.82) is 0 Å². The topological polar surface area (TPSA) is 304 Å². The number of anilines is 5. The lowest BCUT2D eigenvalue weighted by atomic mass is 10.0. The number of urea groups is 1. The first-order valence-corrected chi connectivity index (χ1v) is 28.1. The minimum atomic E-state index is -1.19. The van der Waals surface area contributed by atoms with Gasteiger partial charge in [-0.15, -0.1) is 28.0 Å². The number of primary amides is 1. The molecule has 6 aromatic rings. The average molecular weight is 1190 g/mol. The number of amides is 6. The molecule has 3 aromatic carbocycles. The summed E-state index contributed by atoms with van der Waals surface area (Å²) in [5.41, 5.74) is 7.62. The number of para-hydroxylation sites is 1. The number of nitrogens with one attached hydrogen (secondary N) is 5. The van der Waals surface area contributed by atoms with E-state index in [2.05, 4.69) is 64.5 Å². The van der Waals surface area contributed by atoms with Gasteiger partial charge in [0, 0.05) is 36.8 Å². The number of aromatic carboxylic acids is 1. The van der Waals surface area contributed by atoms with E-state index >= 15 is 4.39 Å². The lowest BCUT2D eigenvalue weighted by molar-refractivity contribution is -0.128. The van der Waals surface area contributed by atoms with Gasteiger partial charge in [-0.05, 0) is 125 Å². The smallest absolute Gasteiger partial charge is 0.410 e. The summed E-state index contributed by atoms with van der Waals surface area (Å²) >= 11 is 2.69. The highest BCUT2D eigenvalue weighted by atomic mass is 32.1. The molecular weight excluding hydrogens is 1120 g/mol. The lowest BCUT2D eigenvalue weighted by Gasteiger charge is -2.27. The number of carbonyl (C=O) groups is 6. The molecule has 6 rings (SSSR count). The van der Waals surface area contributed by atoms with Gasteiger partial charge in [0.15, 0.2) is 39.2 Å². The van der Waals surface area contributed by atoms with E-state index in [1.807, 2.05) is 37.3 Å². The first-order chi connectivity index (χ1) is 40.0. The van der Waals surface area contributed by atoms with Gasteiger partial charge in [-0.2, -0.15) is 0 Å². The normalized spacial score (nSPS) is 11.7. The maximum absolute atomic E-state index is 15.2. The van der Waals surface area contributed by atoms with E-state index in [1.54, 1.807) is 70.8 Å². The van der Waals surface area contributed by atoms with Crippen LogP contribution in [-0.2, 0) is 43.4 Å². The minimum absolute atomic E-state index is 0.0204. The van der Waals surface area contributed by atoms with Crippen LogP contribution in [0, 0.1) is 42.8 Å². The third-order valence-corrected chi connectivity index (χ3v) is 14.2. The molecule has 444 valence electrons. The number of terminal acetylenes is 1. The van der Waals surface area contributed by atoms with Gasteiger partial charge < -0.3 is 66.2 Å². The fourth-order valence-electron chi connectivity index (χ4n) is 7.83. The minimum Gasteiger partial charge on any atom is -0.491 e. The lowest BCUT2D eigenvalue weighted by Crippen LogP contribution is -2.55. The van der Waals surface area contributed by atoms with Crippen LogP contribution in [0.2, 0.25) is 0 Å². The number of ether oxygens (including phenoxy) is 4. The fourth-order valence-corrected chi connectivity index (χ4v) is 9.76. The average Bonchev–Trinajstić information content (AvgIpc) is 4.22. The van der Waals surface area contributed by atoms with E-state index in [9.17, 15) is 33.9 Å². The Labute approximate surface area is 493 Å². The first-order valence-electron chi connectivity index (χ1n) is 26.5. The van der Waals surface area contributed by atoms with Crippen LogP contribution in [0.15, 0.2) is 66.7 Å². The van der Waals surface area contributed by atoms with E-state index in [-0.39, 0.29) is 63.8 Å². The quantitative estimate of drug-likeness (QED) is 0.0198. The molecule has 0 aliphatic rings. The summed E-state index contributed by atoms with van der Waals surface area (Å²) in [6, 6.07) is 15.7. The van der Waals surface area contributed by atoms with Gasteiger partial charge >= 0.3 is 24.2 Å². The van der Waals surface area contributed by atoms with Crippen molar-refractivity contribution in [3.05, 3.63) is 105 Å². The van der Waals surface area contributed by atoms with E-state index in [4.69, 9.17) is 31.1 Å². The second kappa shape index (κ2) is 30.3. The van der Waals surface area contributed by atoms with E-state index in [1.165, 1.54) is 46.8 Å². The summed E-state index contributed by atoms with van der Waals surface area (Å²) in [5, 5.41) is 33.6. The van der Waals surface area contributed by atoms with Crippen molar-refractivity contribution in [3.8, 4) is 29.9 Å². The number of fused-ring (bicyclic) bond motifs is 1. The van der Waals surface area contributed by atoms with Crippen molar-refractivity contribution in [2.24, 2.45) is 11.7 Å². The van der Waals surface area contributed by atoms with Gasteiger partial charge in [0.2, 0.25) is 11.8 Å². The molecule has 6 amide bonds. The van der Waals surface area contributed by atoms with Crippen molar-refractivity contribution in [2.75, 3.05) is 55.9 Å². The number of aryl methyl sites for hydroxylation is 2. The van der Waals surface area contributed by atoms with Crippen molar-refractivity contribution >= 4 is 96.5 Å². The molecular formula is C58H67FN12O11S2. The summed E-state index contributed by atoms with van der Waals surface area (Å²) in [6.45, 7) is 10.2. The maximum atomic E-state index is 15.2. The van der Waals surface area contributed by atoms with Gasteiger partial charge in [0.1, 0.15) is 30.9 Å². The predicted octanol–water partition coefficient (Wildman–Crippen LogP) is 8.40. The van der Waals surface area contributed by atoms with Crippen LogP contribution in [0.1, 0.15) is 91.5 Å². The number of benzene rings is 3. The van der Waals surface area contributed by atoms with Gasteiger partial charge in [0.25, 0.3) is 0 Å². The summed E-state index contributed by atoms with van der Waals surface area (Å²) in [4.78, 5) is 89.0. The van der Waals surface area contributed by atoms with E-state index in [0.717, 1.165) is 15.8 Å². The number of halogens is 1. The summed E-state index contributed by atoms with van der Waals surface area (Å²) in [6.07, 6.45) is 4.87. The van der Waals surface area contributed by atoms with Gasteiger partial charge in [-0.1, -0.05) is 61.1 Å². The Balaban J connectivity index is 0.995. The molecule has 0 saturated carbocycles. The summed E-state index contributed by atoms with van der Waals surface area (Å²) in [5.74, 6) is 5.54. The van der Waals surface area contributed by atoms with Gasteiger partial charge in [0.05, 0.1) is 30.0 Å². The van der Waals surface area contributed by atoms with Crippen LogP contribution >= 0.6 is 22.7 Å². The monoisotopic (exact) mass is 1190 g/mol. The number of aromatic nitrogens is 4. The molecule has 2 atom stereocenters. The number of nitrogens with two attached hydrogens (primary N) is 1. The highest BCUT2D eigenvalue weighted by Crippen LogP contribution is 2.33. The van der Waals surface area contributed by atoms with Crippen molar-refractivity contribution in [3.63, 3.8) is 0 Å². The molecule has 84 heavy (non-hydrogen) atoms. The van der Waals surface area contributed by atoms with Crippen LogP contribution in [0.4, 0.5) is 46.4 Å². The Morgan fingerprint density at radius 1 is 0.917 bits per heavy atom. The zero-order chi connectivity index (χ0) is 61.1. The summed E-state index contributed by atoms with van der Waals surface area (Å²) in [7, 11) is 3.20. The SMILES string of the molecule is C#CCOCc1cc(NC(=O)[C@H](CCCNC(N)=O)NC(=O)[C@@H](NC(=O)OC(C)(C)C)C(C)C)ccc1COC(=O)N(C)CC#Cc1ccc(OCCCc2sc(N(C)c3cc(C)c(Nc4nc5ccccc5s4)nn3)nc2C(=O)O)c(F)c1. The molecule has 3 heterocycles. The molecule has 0 fully saturated rings. The molecule has 23 nitrogen and oxygen atoms in total. The molecule has 0 aliphatic carbocycles. The Kier molecular flexibility index (Phi) is 23.1. The number of thiazole rings is 2. The van der Waals surface area contributed by atoms with E-state index < -0.39 is 65.4 Å². The van der Waals surface area contributed by atoms with Crippen LogP contribution in [-0.4, -0.2) is 124 Å². The standard InChI is InChI=1S/C58H67FN12O11S2/c1-10-27-79-32-38-31-39(62-50(72)42(18-13-25-61-53(60)76)63-51(73)47(34(2)3)66-56(77)82-58(5,6)7)23-22-37(38)33-81-57(78)70(8)26-14-16-36-21-24-43(40(59)30-36)80-28-15-20-45-48(52(74)75)65-55(84-45)71(9)46-29-35(4)49(69-68-46)67-54-64-41-17-11-12-19-44(41)83-54/h1,11-12,17,19,21-24,29-31,34,42,47H,13,15,18,20,25-28,32-33H2,2-9H3,(H,62,72)(H,63,73)(H,66,77)(H,74,75)(H3,60,61,76)(H,64,67,69)/t42-,47-/m0/s1. The Morgan fingerprint density at radius 3 is 2.38 bits per heavy atom. The third kappa shape index (κ3) is 19.3. The van der Waals surface area contributed by atoms with Crippen LogP contribution in [0.3, 0.4) is 0 Å². The van der Waals surface area contributed by atoms with Crippen LogP contribution in [0.5, 0.6) is 5.75 Å². The van der Waals surface area contributed by atoms with E-state index in [0.29, 0.717) is 62.0 Å². The second-order valence-electron chi connectivity index (χ2n) is 20.3. The number of carboxylic acids is 1. The third-order valence-electron chi connectivity index (χ3n) is 12.1. The molecule has 0 saturated heterocycles. The van der Waals surface area contributed by atoms with Gasteiger partial charge in [-0.25, -0.2) is 33.5 Å². The second-order valence-corrected chi connectivity index (χ2v) is 22.4. The Bertz CT molecular complexity index is 3410. The van der Waals surface area contributed by atoms with Crippen LogP contribution < -0.4 is 42.0 Å². The van der Waals surface area contributed by atoms with Crippen molar-refractivity contribution < 1.29 is 57.2 Å². The Hall–Kier alpha value is -9.11. The number of rotatable bonds is 26.